The van der Waals surface area contributed by atoms with Crippen LogP contribution in [0.4, 0.5) is 0 Å². The van der Waals surface area contributed by atoms with E-state index in [4.69, 9.17) is 11.5 Å². The Hall–Kier alpha value is -2.35. The van der Waals surface area contributed by atoms with Crippen LogP contribution in [0.5, 0.6) is 0 Å². The fourth-order valence-corrected chi connectivity index (χ4v) is 1.88. The minimum absolute atomic E-state index is 0.110. The Labute approximate surface area is 115 Å². The molecule has 1 aliphatic rings. The van der Waals surface area contributed by atoms with Crippen LogP contribution in [-0.2, 0) is 0 Å². The molecule has 2 aromatic heterocycles. The Morgan fingerprint density at radius 2 is 2.15 bits per heavy atom. The summed E-state index contributed by atoms with van der Waals surface area (Å²) in [5, 5.41) is 4.45. The van der Waals surface area contributed by atoms with Gasteiger partial charge in [0.25, 0.3) is 5.91 Å². The fraction of sp³-hybridized carbons (Fsp3) is 0.417. The summed E-state index contributed by atoms with van der Waals surface area (Å²) in [5.41, 5.74) is 11.2. The smallest absolute Gasteiger partial charge is 0.268 e. The van der Waals surface area contributed by atoms with E-state index in [1.165, 1.54) is 12.4 Å². The van der Waals surface area contributed by atoms with E-state index in [2.05, 4.69) is 20.1 Å². The van der Waals surface area contributed by atoms with Gasteiger partial charge in [-0.25, -0.2) is 15.0 Å². The highest BCUT2D eigenvalue weighted by Crippen LogP contribution is 2.38. The quantitative estimate of drug-likeness (QED) is 0.810. The predicted octanol–water partition coefficient (Wildman–Crippen LogP) is 0.0533. The van der Waals surface area contributed by atoms with Crippen molar-refractivity contribution in [2.75, 3.05) is 0 Å². The molecule has 2 aromatic rings. The predicted molar refractivity (Wildman–Crippen MR) is 70.0 cm³/mol. The number of nitrogens with two attached hydrogens (primary N) is 2. The molecule has 0 aromatic carbocycles. The molecule has 104 valence electrons. The lowest BCUT2D eigenvalue weighted by atomic mass is 10.3. The zero-order chi connectivity index (χ0) is 14.3. The number of amides is 1. The van der Waals surface area contributed by atoms with Crippen LogP contribution in [0.1, 0.15) is 53.9 Å². The van der Waals surface area contributed by atoms with E-state index in [-0.39, 0.29) is 11.7 Å². The molecule has 4 N–H and O–H groups in total. The number of nitrogens with zero attached hydrogens (tertiary/aromatic N) is 5. The van der Waals surface area contributed by atoms with Gasteiger partial charge in [0, 0.05) is 5.92 Å². The standard InChI is InChI=1S/C12H15N7O/c1-6(13)12-17-11(7-2-3-7)18-19(12)9-5-15-8(4-16-9)10(14)20/h4-7H,2-3,13H2,1H3,(H2,14,20)/t6-/m0/s1. The van der Waals surface area contributed by atoms with Crippen molar-refractivity contribution >= 4 is 5.91 Å². The van der Waals surface area contributed by atoms with Crippen LogP contribution in [0.25, 0.3) is 5.82 Å². The third-order valence-corrected chi connectivity index (χ3v) is 3.11. The van der Waals surface area contributed by atoms with Gasteiger partial charge in [0.15, 0.2) is 17.5 Å². The summed E-state index contributed by atoms with van der Waals surface area (Å²) in [4.78, 5) is 23.6. The average molecular weight is 273 g/mol. The van der Waals surface area contributed by atoms with Crippen LogP contribution in [0, 0.1) is 0 Å². The van der Waals surface area contributed by atoms with Crippen molar-refractivity contribution in [1.29, 1.82) is 0 Å². The molecule has 2 heterocycles. The molecule has 0 bridgehead atoms. The van der Waals surface area contributed by atoms with Gasteiger partial charge in [0.1, 0.15) is 5.69 Å². The first-order valence-corrected chi connectivity index (χ1v) is 6.41. The van der Waals surface area contributed by atoms with E-state index in [0.717, 1.165) is 18.7 Å². The minimum atomic E-state index is -0.617. The second kappa shape index (κ2) is 4.64. The Kier molecular flexibility index (Phi) is 2.94. The molecule has 8 nitrogen and oxygen atoms in total. The third-order valence-electron chi connectivity index (χ3n) is 3.11. The molecule has 1 fully saturated rings. The third kappa shape index (κ3) is 2.25. The van der Waals surface area contributed by atoms with Gasteiger partial charge < -0.3 is 11.5 Å². The van der Waals surface area contributed by atoms with E-state index < -0.39 is 5.91 Å². The van der Waals surface area contributed by atoms with Gasteiger partial charge in [0.2, 0.25) is 0 Å². The summed E-state index contributed by atoms with van der Waals surface area (Å²) in [6, 6.07) is -0.271. The second-order valence-electron chi connectivity index (χ2n) is 4.93. The highest BCUT2D eigenvalue weighted by atomic mass is 16.1. The lowest BCUT2D eigenvalue weighted by Crippen LogP contribution is -2.16. The molecule has 3 rings (SSSR count). The van der Waals surface area contributed by atoms with Crippen molar-refractivity contribution in [3.63, 3.8) is 0 Å². The van der Waals surface area contributed by atoms with Gasteiger partial charge in [0.05, 0.1) is 18.4 Å². The Bertz CT molecular complexity index is 642. The molecule has 1 amide bonds. The topological polar surface area (TPSA) is 126 Å². The van der Waals surface area contributed by atoms with Crippen LogP contribution in [0.2, 0.25) is 0 Å². The molecule has 0 unspecified atom stereocenters. The molecule has 0 spiro atoms. The fourth-order valence-electron chi connectivity index (χ4n) is 1.88. The molecule has 0 saturated heterocycles. The summed E-state index contributed by atoms with van der Waals surface area (Å²) >= 11 is 0. The largest absolute Gasteiger partial charge is 0.364 e. The number of rotatable bonds is 4. The highest BCUT2D eigenvalue weighted by Gasteiger charge is 2.30. The first-order chi connectivity index (χ1) is 9.56. The van der Waals surface area contributed by atoms with Crippen molar-refractivity contribution < 1.29 is 4.79 Å². The molecule has 8 heteroatoms. The maximum Gasteiger partial charge on any atom is 0.268 e. The summed E-state index contributed by atoms with van der Waals surface area (Å²) in [6.45, 7) is 1.84. The van der Waals surface area contributed by atoms with Crippen molar-refractivity contribution in [1.82, 2.24) is 24.7 Å². The van der Waals surface area contributed by atoms with Gasteiger partial charge in [-0.2, -0.15) is 4.68 Å². The zero-order valence-corrected chi connectivity index (χ0v) is 11.0. The number of hydrogen-bond donors (Lipinski definition) is 2. The van der Waals surface area contributed by atoms with E-state index in [0.29, 0.717) is 17.6 Å². The molecule has 0 aliphatic heterocycles. The summed E-state index contributed by atoms with van der Waals surface area (Å²) < 4.78 is 1.58. The van der Waals surface area contributed by atoms with Crippen LogP contribution in [0.15, 0.2) is 12.4 Å². The van der Waals surface area contributed by atoms with E-state index in [1.54, 1.807) is 4.68 Å². The van der Waals surface area contributed by atoms with Gasteiger partial charge in [-0.3, -0.25) is 4.79 Å². The zero-order valence-electron chi connectivity index (χ0n) is 11.0. The van der Waals surface area contributed by atoms with Crippen LogP contribution >= 0.6 is 0 Å². The van der Waals surface area contributed by atoms with Crippen molar-refractivity contribution in [2.24, 2.45) is 11.5 Å². The van der Waals surface area contributed by atoms with Crippen molar-refractivity contribution in [3.05, 3.63) is 29.7 Å². The van der Waals surface area contributed by atoms with Crippen molar-refractivity contribution in [2.45, 2.75) is 31.7 Å². The number of carbonyl (C=O) groups excluding carboxylic acids is 1. The monoisotopic (exact) mass is 273 g/mol. The Balaban J connectivity index is 2.01. The van der Waals surface area contributed by atoms with Crippen LogP contribution in [0.3, 0.4) is 0 Å². The Morgan fingerprint density at radius 3 is 2.65 bits per heavy atom. The molecular weight excluding hydrogens is 258 g/mol. The molecule has 1 saturated carbocycles. The molecule has 1 aliphatic carbocycles. The lowest BCUT2D eigenvalue weighted by molar-refractivity contribution is 0.0995. The normalized spacial score (nSPS) is 16.1. The van der Waals surface area contributed by atoms with Crippen molar-refractivity contribution in [3.8, 4) is 5.82 Å². The highest BCUT2D eigenvalue weighted by molar-refractivity contribution is 5.90. The minimum Gasteiger partial charge on any atom is -0.364 e. The number of hydrogen-bond acceptors (Lipinski definition) is 6. The molecule has 1 atom stereocenters. The molecule has 20 heavy (non-hydrogen) atoms. The second-order valence-corrected chi connectivity index (χ2v) is 4.93. The summed E-state index contributed by atoms with van der Waals surface area (Å²) in [5.74, 6) is 1.70. The van der Waals surface area contributed by atoms with Gasteiger partial charge in [-0.15, -0.1) is 5.10 Å². The van der Waals surface area contributed by atoms with E-state index in [1.807, 2.05) is 6.92 Å². The van der Waals surface area contributed by atoms with E-state index in [9.17, 15) is 4.79 Å². The average Bonchev–Trinajstić information content (AvgIpc) is 3.17. The molecular formula is C12H15N7O. The van der Waals surface area contributed by atoms with Gasteiger partial charge in [-0.05, 0) is 19.8 Å². The number of aromatic nitrogens is 5. The maximum absolute atomic E-state index is 11.0. The first kappa shape index (κ1) is 12.7. The van der Waals surface area contributed by atoms with E-state index >= 15 is 0 Å². The van der Waals surface area contributed by atoms with Crippen LogP contribution in [-0.4, -0.2) is 30.6 Å². The lowest BCUT2D eigenvalue weighted by Gasteiger charge is -2.06. The number of carbonyl (C=O) groups is 1. The SMILES string of the molecule is C[C@H](N)c1nc(C2CC2)nn1-c1cnc(C(N)=O)cn1. The summed E-state index contributed by atoms with van der Waals surface area (Å²) in [7, 11) is 0. The first-order valence-electron chi connectivity index (χ1n) is 6.41. The van der Waals surface area contributed by atoms with Gasteiger partial charge in [-0.1, -0.05) is 0 Å². The number of primary amides is 1. The Morgan fingerprint density at radius 1 is 1.40 bits per heavy atom. The maximum atomic E-state index is 11.0. The van der Waals surface area contributed by atoms with Crippen LogP contribution < -0.4 is 11.5 Å². The molecule has 0 radical (unpaired) electrons. The summed E-state index contributed by atoms with van der Waals surface area (Å²) in [6.07, 6.45) is 4.97. The van der Waals surface area contributed by atoms with Gasteiger partial charge >= 0.3 is 0 Å².